The van der Waals surface area contributed by atoms with Crippen LogP contribution in [0.5, 0.6) is 0 Å². The number of aromatic nitrogens is 1. The lowest BCUT2D eigenvalue weighted by Crippen LogP contribution is -2.48. The van der Waals surface area contributed by atoms with Crippen molar-refractivity contribution in [2.45, 2.75) is 12.8 Å². The molecule has 2 aromatic rings. The van der Waals surface area contributed by atoms with Crippen LogP contribution in [0.1, 0.15) is 5.56 Å². The summed E-state index contributed by atoms with van der Waals surface area (Å²) in [5.41, 5.74) is 1.56. The van der Waals surface area contributed by atoms with Gasteiger partial charge in [-0.25, -0.2) is 18.2 Å². The third kappa shape index (κ3) is 4.42. The van der Waals surface area contributed by atoms with Crippen molar-refractivity contribution in [2.24, 2.45) is 5.16 Å². The number of aliphatic hydroxyl groups is 1. The van der Waals surface area contributed by atoms with Gasteiger partial charge < -0.3 is 19.6 Å². The topological polar surface area (TPSA) is 67.2 Å². The van der Waals surface area contributed by atoms with Crippen molar-refractivity contribution >= 4 is 11.5 Å². The van der Waals surface area contributed by atoms with E-state index in [0.717, 1.165) is 0 Å². The number of aliphatic hydroxyl groups excluding tert-OH is 1. The fraction of sp³-hybridized carbons (Fsp3) is 0.368. The Hall–Kier alpha value is -2.65. The molecule has 3 rings (SSSR count). The summed E-state index contributed by atoms with van der Waals surface area (Å²) in [7, 11) is 1.47. The molecular weight excluding hydrogens is 375 g/mol. The SMILES string of the molecule is COCc1cccc(-c2cnc(N3CC(=NOCC(F)CO)C3)c(F)c2)c1F. The lowest BCUT2D eigenvalue weighted by Gasteiger charge is -2.33. The molecule has 1 N–H and O–H groups in total. The molecular formula is C19H20F3N3O3. The van der Waals surface area contributed by atoms with Gasteiger partial charge in [-0.15, -0.1) is 0 Å². The van der Waals surface area contributed by atoms with Gasteiger partial charge in [0.05, 0.1) is 32.0 Å². The number of halogens is 3. The minimum atomic E-state index is -1.49. The van der Waals surface area contributed by atoms with Crippen molar-refractivity contribution in [3.05, 3.63) is 47.7 Å². The molecule has 0 spiro atoms. The molecule has 1 aliphatic heterocycles. The number of pyridine rings is 1. The number of alkyl halides is 1. The molecule has 150 valence electrons. The summed E-state index contributed by atoms with van der Waals surface area (Å²) >= 11 is 0. The lowest BCUT2D eigenvalue weighted by atomic mass is 10.0. The van der Waals surface area contributed by atoms with Crippen LogP contribution in [0.25, 0.3) is 11.1 Å². The Kier molecular flexibility index (Phi) is 6.48. The molecule has 0 radical (unpaired) electrons. The molecule has 1 atom stereocenters. The molecule has 6 nitrogen and oxygen atoms in total. The zero-order chi connectivity index (χ0) is 20.1. The summed E-state index contributed by atoms with van der Waals surface area (Å²) in [5, 5.41) is 12.3. The molecule has 1 aliphatic rings. The van der Waals surface area contributed by atoms with Crippen LogP contribution in [0, 0.1) is 11.6 Å². The summed E-state index contributed by atoms with van der Waals surface area (Å²) in [4.78, 5) is 10.5. The summed E-state index contributed by atoms with van der Waals surface area (Å²) in [5.74, 6) is -0.934. The standard InChI is InChI=1S/C19H20F3N3O3/c1-27-10-12-3-2-4-16(18(12)22)13-5-17(21)19(23-6-13)25-7-15(8-25)24-28-11-14(20)9-26/h2-6,14,26H,7-11H2,1H3. The Balaban J connectivity index is 1.68. The smallest absolute Gasteiger partial charge is 0.166 e. The summed E-state index contributed by atoms with van der Waals surface area (Å²) < 4.78 is 46.9. The predicted octanol–water partition coefficient (Wildman–Crippen LogP) is 2.70. The van der Waals surface area contributed by atoms with Gasteiger partial charge in [0, 0.05) is 30.0 Å². The average molecular weight is 395 g/mol. The van der Waals surface area contributed by atoms with E-state index in [0.29, 0.717) is 16.8 Å². The maximum Gasteiger partial charge on any atom is 0.166 e. The minimum absolute atomic E-state index is 0.118. The molecule has 28 heavy (non-hydrogen) atoms. The zero-order valence-electron chi connectivity index (χ0n) is 15.2. The van der Waals surface area contributed by atoms with E-state index >= 15 is 0 Å². The first-order valence-corrected chi connectivity index (χ1v) is 8.63. The fourth-order valence-electron chi connectivity index (χ4n) is 2.74. The lowest BCUT2D eigenvalue weighted by molar-refractivity contribution is 0.0554. The van der Waals surface area contributed by atoms with E-state index in [1.807, 2.05) is 0 Å². The monoisotopic (exact) mass is 395 g/mol. The number of methoxy groups -OCH3 is 1. The largest absolute Gasteiger partial charge is 0.393 e. The van der Waals surface area contributed by atoms with E-state index in [1.165, 1.54) is 19.4 Å². The second-order valence-corrected chi connectivity index (χ2v) is 6.33. The molecule has 0 amide bonds. The number of anilines is 1. The highest BCUT2D eigenvalue weighted by Gasteiger charge is 2.27. The third-order valence-electron chi connectivity index (χ3n) is 4.20. The molecule has 1 aromatic carbocycles. The van der Waals surface area contributed by atoms with E-state index < -0.39 is 24.4 Å². The number of rotatable bonds is 8. The Labute approximate surface area is 160 Å². The first-order valence-electron chi connectivity index (χ1n) is 8.63. The number of hydrogen-bond donors (Lipinski definition) is 1. The second-order valence-electron chi connectivity index (χ2n) is 6.33. The van der Waals surface area contributed by atoms with Crippen LogP contribution in [0.15, 0.2) is 35.6 Å². The van der Waals surface area contributed by atoms with E-state index in [1.54, 1.807) is 23.1 Å². The van der Waals surface area contributed by atoms with Crippen molar-refractivity contribution in [2.75, 3.05) is 38.3 Å². The van der Waals surface area contributed by atoms with Gasteiger partial charge in [0.15, 0.2) is 24.4 Å². The third-order valence-corrected chi connectivity index (χ3v) is 4.20. The van der Waals surface area contributed by atoms with Gasteiger partial charge in [-0.2, -0.15) is 0 Å². The minimum Gasteiger partial charge on any atom is -0.393 e. The highest BCUT2D eigenvalue weighted by Crippen LogP contribution is 2.29. The zero-order valence-corrected chi connectivity index (χ0v) is 15.2. The predicted molar refractivity (Wildman–Crippen MR) is 97.9 cm³/mol. The fourth-order valence-corrected chi connectivity index (χ4v) is 2.74. The number of nitrogens with zero attached hydrogens (tertiary/aromatic N) is 3. The van der Waals surface area contributed by atoms with Crippen molar-refractivity contribution < 1.29 is 27.9 Å². The highest BCUT2D eigenvalue weighted by molar-refractivity contribution is 5.99. The quantitative estimate of drug-likeness (QED) is 0.697. The van der Waals surface area contributed by atoms with Crippen LogP contribution < -0.4 is 4.90 Å². The van der Waals surface area contributed by atoms with Crippen molar-refractivity contribution in [3.8, 4) is 11.1 Å². The normalized spacial score (nSPS) is 14.6. The number of benzene rings is 1. The van der Waals surface area contributed by atoms with Gasteiger partial charge in [-0.1, -0.05) is 23.4 Å². The first-order chi connectivity index (χ1) is 13.5. The molecule has 9 heteroatoms. The van der Waals surface area contributed by atoms with Gasteiger partial charge in [-0.05, 0) is 6.07 Å². The average Bonchev–Trinajstić information content (AvgIpc) is 2.66. The molecule has 0 saturated carbocycles. The van der Waals surface area contributed by atoms with Crippen LogP contribution >= 0.6 is 0 Å². The summed E-state index contributed by atoms with van der Waals surface area (Å²) in [6, 6.07) is 6.07. The Bertz CT molecular complexity index is 856. The van der Waals surface area contributed by atoms with E-state index in [9.17, 15) is 13.2 Å². The number of oxime groups is 1. The molecule has 1 aromatic heterocycles. The summed E-state index contributed by atoms with van der Waals surface area (Å²) in [6.07, 6.45) is -0.0801. The van der Waals surface area contributed by atoms with Crippen molar-refractivity contribution in [3.63, 3.8) is 0 Å². The Morgan fingerprint density at radius 3 is 2.79 bits per heavy atom. The van der Waals surface area contributed by atoms with Crippen molar-refractivity contribution in [1.29, 1.82) is 0 Å². The molecule has 1 saturated heterocycles. The molecule has 0 aliphatic carbocycles. The molecule has 0 bridgehead atoms. The van der Waals surface area contributed by atoms with Crippen LogP contribution in [-0.4, -0.2) is 55.4 Å². The molecule has 1 unspecified atom stereocenters. The van der Waals surface area contributed by atoms with Crippen LogP contribution in [-0.2, 0) is 16.2 Å². The maximum atomic E-state index is 14.6. The molecule has 1 fully saturated rings. The van der Waals surface area contributed by atoms with Gasteiger partial charge in [0.1, 0.15) is 5.82 Å². The second kappa shape index (κ2) is 9.03. The number of ether oxygens (including phenoxy) is 1. The highest BCUT2D eigenvalue weighted by atomic mass is 19.1. The van der Waals surface area contributed by atoms with E-state index in [2.05, 4.69) is 10.1 Å². The Morgan fingerprint density at radius 1 is 1.32 bits per heavy atom. The summed E-state index contributed by atoms with van der Waals surface area (Å²) in [6.45, 7) is -0.274. The van der Waals surface area contributed by atoms with Crippen molar-refractivity contribution in [1.82, 2.24) is 4.98 Å². The van der Waals surface area contributed by atoms with Gasteiger partial charge in [0.25, 0.3) is 0 Å². The van der Waals surface area contributed by atoms with Gasteiger partial charge in [0.2, 0.25) is 0 Å². The molecule has 2 heterocycles. The number of hydrogen-bond acceptors (Lipinski definition) is 6. The maximum absolute atomic E-state index is 14.6. The van der Waals surface area contributed by atoms with Crippen LogP contribution in [0.3, 0.4) is 0 Å². The van der Waals surface area contributed by atoms with E-state index in [4.69, 9.17) is 14.7 Å². The Morgan fingerprint density at radius 2 is 2.11 bits per heavy atom. The van der Waals surface area contributed by atoms with Crippen LogP contribution in [0.2, 0.25) is 0 Å². The van der Waals surface area contributed by atoms with Crippen LogP contribution in [0.4, 0.5) is 19.0 Å². The van der Waals surface area contributed by atoms with E-state index in [-0.39, 0.29) is 37.7 Å². The van der Waals surface area contributed by atoms with Gasteiger partial charge >= 0.3 is 0 Å². The first kappa shape index (κ1) is 20.1. The van der Waals surface area contributed by atoms with Gasteiger partial charge in [-0.3, -0.25) is 0 Å².